The Morgan fingerprint density at radius 1 is 1.14 bits per heavy atom. The number of fused-ring (bicyclic) bond motifs is 1. The predicted molar refractivity (Wildman–Crippen MR) is 107 cm³/mol. The van der Waals surface area contributed by atoms with Crippen LogP contribution in [0.15, 0.2) is 24.4 Å². The van der Waals surface area contributed by atoms with Gasteiger partial charge in [0.15, 0.2) is 0 Å². The van der Waals surface area contributed by atoms with Gasteiger partial charge in [0.1, 0.15) is 17.5 Å². The molecule has 1 fully saturated rings. The lowest BCUT2D eigenvalue weighted by atomic mass is 9.79. The highest BCUT2D eigenvalue weighted by atomic mass is 19.1. The largest absolute Gasteiger partial charge is 0.333 e. The lowest BCUT2D eigenvalue weighted by Gasteiger charge is -2.43. The zero-order valence-corrected chi connectivity index (χ0v) is 17.0. The molecule has 1 N–H and O–H groups in total. The second kappa shape index (κ2) is 7.56. The van der Waals surface area contributed by atoms with E-state index in [2.05, 4.69) is 40.8 Å². The molecule has 2 aromatic rings. The van der Waals surface area contributed by atoms with Crippen molar-refractivity contribution < 1.29 is 8.78 Å². The van der Waals surface area contributed by atoms with Crippen LogP contribution >= 0.6 is 0 Å². The van der Waals surface area contributed by atoms with Crippen molar-refractivity contribution in [3.8, 4) is 11.3 Å². The molecule has 28 heavy (non-hydrogen) atoms. The van der Waals surface area contributed by atoms with Crippen molar-refractivity contribution in [3.05, 3.63) is 41.9 Å². The minimum atomic E-state index is -0.563. The van der Waals surface area contributed by atoms with E-state index in [4.69, 9.17) is 0 Å². The van der Waals surface area contributed by atoms with E-state index in [1.807, 2.05) is 6.20 Å². The Morgan fingerprint density at radius 3 is 2.57 bits per heavy atom. The maximum absolute atomic E-state index is 14.1. The first-order chi connectivity index (χ1) is 13.3. The van der Waals surface area contributed by atoms with Crippen molar-refractivity contribution in [1.82, 2.24) is 19.8 Å². The molecule has 2 aliphatic rings. The third-order valence-corrected chi connectivity index (χ3v) is 6.81. The molecule has 0 spiro atoms. The van der Waals surface area contributed by atoms with Gasteiger partial charge in [-0.15, -0.1) is 0 Å². The standard InChI is InChI=1S/C22H30F2N4/c1-22(27(2)3)10-8-16(9-11-22)25-17-5-7-21-26-20(14-28(21)13-17)18-6-4-15(23)12-19(18)24/h4,6,12,14,16-17,25H,5,7-11,13H2,1-3H3. The first-order valence-corrected chi connectivity index (χ1v) is 10.3. The van der Waals surface area contributed by atoms with Crippen LogP contribution in [0.25, 0.3) is 11.3 Å². The summed E-state index contributed by atoms with van der Waals surface area (Å²) in [6, 6.07) is 4.66. The van der Waals surface area contributed by atoms with E-state index in [0.29, 0.717) is 28.9 Å². The van der Waals surface area contributed by atoms with Crippen LogP contribution in [-0.2, 0) is 13.0 Å². The van der Waals surface area contributed by atoms with Crippen molar-refractivity contribution in [2.24, 2.45) is 0 Å². The van der Waals surface area contributed by atoms with Crippen molar-refractivity contribution in [1.29, 1.82) is 0 Å². The maximum Gasteiger partial charge on any atom is 0.135 e. The average Bonchev–Trinajstić information content (AvgIpc) is 3.06. The summed E-state index contributed by atoms with van der Waals surface area (Å²) >= 11 is 0. The molecular formula is C22H30F2N4. The fourth-order valence-corrected chi connectivity index (χ4v) is 4.59. The van der Waals surface area contributed by atoms with E-state index >= 15 is 0 Å². The van der Waals surface area contributed by atoms with Crippen LogP contribution in [0.5, 0.6) is 0 Å². The molecule has 1 aromatic carbocycles. The molecule has 1 aliphatic heterocycles. The van der Waals surface area contributed by atoms with E-state index in [1.54, 1.807) is 0 Å². The summed E-state index contributed by atoms with van der Waals surface area (Å²) in [4.78, 5) is 6.96. The normalized spacial score (nSPS) is 27.8. The molecule has 1 aliphatic carbocycles. The fraction of sp³-hybridized carbons (Fsp3) is 0.591. The average molecular weight is 389 g/mol. The number of nitrogens with one attached hydrogen (secondary N) is 1. The predicted octanol–water partition coefficient (Wildman–Crippen LogP) is 4.00. The number of aromatic nitrogens is 2. The molecule has 0 saturated heterocycles. The molecule has 4 nitrogen and oxygen atoms in total. The molecule has 2 heterocycles. The number of rotatable bonds is 4. The van der Waals surface area contributed by atoms with Gasteiger partial charge in [0.25, 0.3) is 0 Å². The Hall–Kier alpha value is -1.79. The molecular weight excluding hydrogens is 358 g/mol. The van der Waals surface area contributed by atoms with Gasteiger partial charge in [0.2, 0.25) is 0 Å². The van der Waals surface area contributed by atoms with E-state index < -0.39 is 11.6 Å². The molecule has 1 aromatic heterocycles. The minimum absolute atomic E-state index is 0.316. The van der Waals surface area contributed by atoms with E-state index in [9.17, 15) is 8.78 Å². The van der Waals surface area contributed by atoms with Gasteiger partial charge in [-0.2, -0.15) is 0 Å². The number of benzene rings is 1. The van der Waals surface area contributed by atoms with E-state index in [-0.39, 0.29) is 0 Å². The topological polar surface area (TPSA) is 33.1 Å². The molecule has 4 rings (SSSR count). The van der Waals surface area contributed by atoms with Gasteiger partial charge >= 0.3 is 0 Å². The zero-order chi connectivity index (χ0) is 19.9. The highest BCUT2D eigenvalue weighted by Gasteiger charge is 2.34. The third-order valence-electron chi connectivity index (χ3n) is 6.81. The summed E-state index contributed by atoms with van der Waals surface area (Å²) in [5.74, 6) is -0.135. The van der Waals surface area contributed by atoms with Crippen LogP contribution in [0.4, 0.5) is 8.78 Å². The second-order valence-corrected chi connectivity index (χ2v) is 8.89. The Morgan fingerprint density at radius 2 is 1.89 bits per heavy atom. The third kappa shape index (κ3) is 3.85. The van der Waals surface area contributed by atoms with Crippen LogP contribution in [0.3, 0.4) is 0 Å². The van der Waals surface area contributed by atoms with Crippen molar-refractivity contribution in [2.75, 3.05) is 14.1 Å². The zero-order valence-electron chi connectivity index (χ0n) is 17.0. The fourth-order valence-electron chi connectivity index (χ4n) is 4.59. The summed E-state index contributed by atoms with van der Waals surface area (Å²) in [6.07, 6.45) is 8.67. The van der Waals surface area contributed by atoms with Gasteiger partial charge in [-0.3, -0.25) is 0 Å². The monoisotopic (exact) mass is 388 g/mol. The highest BCUT2D eigenvalue weighted by Crippen LogP contribution is 2.32. The lowest BCUT2D eigenvalue weighted by Crippen LogP contribution is -2.50. The molecule has 0 radical (unpaired) electrons. The first-order valence-electron chi connectivity index (χ1n) is 10.3. The Bertz CT molecular complexity index is 837. The lowest BCUT2D eigenvalue weighted by molar-refractivity contribution is 0.102. The van der Waals surface area contributed by atoms with Gasteiger partial charge in [0.05, 0.1) is 5.69 Å². The summed E-state index contributed by atoms with van der Waals surface area (Å²) in [5, 5.41) is 3.85. The second-order valence-electron chi connectivity index (χ2n) is 8.89. The van der Waals surface area contributed by atoms with Gasteiger partial charge in [-0.1, -0.05) is 0 Å². The van der Waals surface area contributed by atoms with E-state index in [1.165, 1.54) is 37.8 Å². The molecule has 1 saturated carbocycles. The summed E-state index contributed by atoms with van der Waals surface area (Å²) in [7, 11) is 4.36. The number of nitrogens with zero attached hydrogens (tertiary/aromatic N) is 3. The van der Waals surface area contributed by atoms with Gasteiger partial charge in [-0.25, -0.2) is 13.8 Å². The van der Waals surface area contributed by atoms with Gasteiger partial charge in [-0.05, 0) is 65.3 Å². The summed E-state index contributed by atoms with van der Waals surface area (Å²) in [6.45, 7) is 3.21. The highest BCUT2D eigenvalue weighted by molar-refractivity contribution is 5.59. The molecule has 1 unspecified atom stereocenters. The van der Waals surface area contributed by atoms with Crippen molar-refractivity contribution >= 4 is 0 Å². The number of imidazole rings is 1. The summed E-state index contributed by atoms with van der Waals surface area (Å²) < 4.78 is 29.4. The minimum Gasteiger partial charge on any atom is -0.333 e. The van der Waals surface area contributed by atoms with Crippen LogP contribution in [0.1, 0.15) is 44.9 Å². The van der Waals surface area contributed by atoms with Crippen molar-refractivity contribution in [2.45, 2.75) is 69.6 Å². The summed E-state index contributed by atoms with van der Waals surface area (Å²) in [5.41, 5.74) is 1.27. The maximum atomic E-state index is 14.1. The number of hydrogen-bond acceptors (Lipinski definition) is 3. The number of aryl methyl sites for hydroxylation is 1. The van der Waals surface area contributed by atoms with E-state index in [0.717, 1.165) is 31.3 Å². The van der Waals surface area contributed by atoms with Gasteiger partial charge < -0.3 is 14.8 Å². The molecule has 152 valence electrons. The number of halogens is 2. The smallest absolute Gasteiger partial charge is 0.135 e. The Kier molecular flexibility index (Phi) is 5.27. The van der Waals surface area contributed by atoms with Crippen molar-refractivity contribution in [3.63, 3.8) is 0 Å². The quantitative estimate of drug-likeness (QED) is 0.860. The van der Waals surface area contributed by atoms with Crippen LogP contribution < -0.4 is 5.32 Å². The molecule has 1 atom stereocenters. The molecule has 6 heteroatoms. The number of hydrogen-bond donors (Lipinski definition) is 1. The van der Waals surface area contributed by atoms with Crippen LogP contribution in [-0.4, -0.2) is 46.2 Å². The molecule has 0 bridgehead atoms. The van der Waals surface area contributed by atoms with Crippen LogP contribution in [0.2, 0.25) is 0 Å². The molecule has 0 amide bonds. The van der Waals surface area contributed by atoms with Gasteiger partial charge in [0, 0.05) is 48.4 Å². The SMILES string of the molecule is CN(C)C1(C)CCC(NC2CCc3nc(-c4ccc(F)cc4F)cn3C2)CC1. The Balaban J connectivity index is 1.40. The Labute approximate surface area is 166 Å². The first kappa shape index (κ1) is 19.5. The van der Waals surface area contributed by atoms with Crippen LogP contribution in [0, 0.1) is 11.6 Å².